The number of hydrogen-bond acceptors (Lipinski definition) is 5. The molecule has 6 nitrogen and oxygen atoms in total. The van der Waals surface area contributed by atoms with Crippen molar-refractivity contribution in [1.29, 1.82) is 0 Å². The van der Waals surface area contributed by atoms with Gasteiger partial charge in [0.2, 0.25) is 0 Å². The van der Waals surface area contributed by atoms with Gasteiger partial charge >= 0.3 is 5.63 Å². The second-order valence-electron chi connectivity index (χ2n) is 8.60. The van der Waals surface area contributed by atoms with E-state index >= 15 is 0 Å². The number of hydrogen-bond donors (Lipinski definition) is 0. The summed E-state index contributed by atoms with van der Waals surface area (Å²) in [5.41, 5.74) is 2.69. The van der Waals surface area contributed by atoms with Crippen molar-refractivity contribution in [2.75, 3.05) is 32.9 Å². The van der Waals surface area contributed by atoms with E-state index in [-0.39, 0.29) is 23.6 Å². The van der Waals surface area contributed by atoms with E-state index in [1.807, 2.05) is 30.9 Å². The fraction of sp³-hybridized carbons (Fsp3) is 0.565. The molecule has 2 aliphatic heterocycles. The van der Waals surface area contributed by atoms with E-state index < -0.39 is 0 Å². The summed E-state index contributed by atoms with van der Waals surface area (Å²) in [5, 5.41) is 0.764. The number of piperidine rings is 1. The largest absolute Gasteiger partial charge is 0.483 e. The predicted octanol–water partition coefficient (Wildman–Crippen LogP) is 3.52. The molecule has 2 aliphatic rings. The van der Waals surface area contributed by atoms with Gasteiger partial charge in [-0.3, -0.25) is 4.79 Å². The summed E-state index contributed by atoms with van der Waals surface area (Å²) in [5.74, 6) is 0.604. The average Bonchev–Trinajstić information content (AvgIpc) is 2.70. The third kappa shape index (κ3) is 3.90. The first kappa shape index (κ1) is 20.0. The molecular formula is C23H29NO5. The van der Waals surface area contributed by atoms with Gasteiger partial charge in [-0.2, -0.15) is 0 Å². The van der Waals surface area contributed by atoms with Gasteiger partial charge in [-0.1, -0.05) is 0 Å². The standard InChI is InChI=1S/C23H29NO5/c1-15-11-18(21-16(2)17(3)22(26)29-19(21)12-15)28-13-20(25)24-8-4-5-23(14-24)6-9-27-10-7-23/h11-12H,4-10,13-14H2,1-3H3. The Hall–Kier alpha value is -2.34. The van der Waals surface area contributed by atoms with Gasteiger partial charge < -0.3 is 18.8 Å². The van der Waals surface area contributed by atoms with Gasteiger partial charge in [0.05, 0.1) is 5.39 Å². The Kier molecular flexibility index (Phi) is 5.38. The molecule has 1 aromatic heterocycles. The molecule has 2 fully saturated rings. The highest BCUT2D eigenvalue weighted by Crippen LogP contribution is 2.39. The average molecular weight is 399 g/mol. The van der Waals surface area contributed by atoms with Crippen molar-refractivity contribution in [3.63, 3.8) is 0 Å². The maximum absolute atomic E-state index is 12.9. The lowest BCUT2D eigenvalue weighted by atomic mass is 9.74. The van der Waals surface area contributed by atoms with Crippen LogP contribution in [-0.4, -0.2) is 43.7 Å². The zero-order valence-electron chi connectivity index (χ0n) is 17.5. The molecular weight excluding hydrogens is 370 g/mol. The molecule has 1 spiro atoms. The van der Waals surface area contributed by atoms with Crippen molar-refractivity contribution in [1.82, 2.24) is 4.90 Å². The third-order valence-electron chi connectivity index (χ3n) is 6.58. The zero-order chi connectivity index (χ0) is 20.6. The smallest absolute Gasteiger partial charge is 0.339 e. The Morgan fingerprint density at radius 1 is 1.14 bits per heavy atom. The summed E-state index contributed by atoms with van der Waals surface area (Å²) < 4.78 is 17.0. The van der Waals surface area contributed by atoms with Crippen LogP contribution in [0.2, 0.25) is 0 Å². The van der Waals surface area contributed by atoms with Crippen molar-refractivity contribution in [2.24, 2.45) is 5.41 Å². The number of nitrogens with zero attached hydrogens (tertiary/aromatic N) is 1. The summed E-state index contributed by atoms with van der Waals surface area (Å²) >= 11 is 0. The molecule has 0 aliphatic carbocycles. The van der Waals surface area contributed by atoms with Crippen LogP contribution in [0.3, 0.4) is 0 Å². The maximum atomic E-state index is 12.9. The van der Waals surface area contributed by atoms with Gasteiger partial charge in [-0.15, -0.1) is 0 Å². The van der Waals surface area contributed by atoms with Crippen LogP contribution < -0.4 is 10.4 Å². The second kappa shape index (κ2) is 7.82. The third-order valence-corrected chi connectivity index (χ3v) is 6.58. The van der Waals surface area contributed by atoms with Crippen LogP contribution in [0.4, 0.5) is 0 Å². The van der Waals surface area contributed by atoms with Gasteiger partial charge in [-0.25, -0.2) is 4.79 Å². The van der Waals surface area contributed by atoms with E-state index in [4.69, 9.17) is 13.9 Å². The minimum absolute atomic E-state index is 0.0111. The van der Waals surface area contributed by atoms with Gasteiger partial charge in [-0.05, 0) is 75.1 Å². The fourth-order valence-electron chi connectivity index (χ4n) is 4.67. The Bertz CT molecular complexity index is 981. The van der Waals surface area contributed by atoms with Crippen molar-refractivity contribution in [2.45, 2.75) is 46.5 Å². The molecule has 0 atom stereocenters. The van der Waals surface area contributed by atoms with E-state index in [2.05, 4.69) is 0 Å². The van der Waals surface area contributed by atoms with E-state index in [1.54, 1.807) is 6.92 Å². The van der Waals surface area contributed by atoms with Crippen LogP contribution in [0.5, 0.6) is 5.75 Å². The van der Waals surface area contributed by atoms with Crippen LogP contribution in [0.25, 0.3) is 11.0 Å². The van der Waals surface area contributed by atoms with Crippen LogP contribution in [-0.2, 0) is 9.53 Å². The highest BCUT2D eigenvalue weighted by atomic mass is 16.5. The first-order valence-electron chi connectivity index (χ1n) is 10.4. The molecule has 0 saturated carbocycles. The lowest BCUT2D eigenvalue weighted by molar-refractivity contribution is -0.139. The number of likely N-dealkylation sites (tertiary alicyclic amines) is 1. The lowest BCUT2D eigenvalue weighted by Crippen LogP contribution is -2.49. The number of amides is 1. The molecule has 0 radical (unpaired) electrons. The quantitative estimate of drug-likeness (QED) is 0.739. The van der Waals surface area contributed by atoms with Gasteiger partial charge in [0.15, 0.2) is 6.61 Å². The van der Waals surface area contributed by atoms with Crippen LogP contribution in [0, 0.1) is 26.2 Å². The number of fused-ring (bicyclic) bond motifs is 1. The van der Waals surface area contributed by atoms with E-state index in [1.165, 1.54) is 6.42 Å². The summed E-state index contributed by atoms with van der Waals surface area (Å²) in [6.45, 7) is 8.70. The summed E-state index contributed by atoms with van der Waals surface area (Å²) in [4.78, 5) is 26.9. The first-order chi connectivity index (χ1) is 13.9. The highest BCUT2D eigenvalue weighted by molar-refractivity contribution is 5.88. The molecule has 2 aromatic rings. The molecule has 4 rings (SSSR count). The number of benzene rings is 1. The molecule has 156 valence electrons. The van der Waals surface area contributed by atoms with E-state index in [0.717, 1.165) is 62.1 Å². The number of rotatable bonds is 3. The van der Waals surface area contributed by atoms with Crippen LogP contribution >= 0.6 is 0 Å². The molecule has 2 saturated heterocycles. The second-order valence-corrected chi connectivity index (χ2v) is 8.60. The minimum Gasteiger partial charge on any atom is -0.483 e. The topological polar surface area (TPSA) is 69.0 Å². The molecule has 0 unspecified atom stereocenters. The Morgan fingerprint density at radius 3 is 2.66 bits per heavy atom. The number of aryl methyl sites for hydroxylation is 2. The first-order valence-corrected chi connectivity index (χ1v) is 10.4. The summed E-state index contributed by atoms with van der Waals surface area (Å²) in [7, 11) is 0. The fourth-order valence-corrected chi connectivity index (χ4v) is 4.67. The van der Waals surface area contributed by atoms with Gasteiger partial charge in [0.1, 0.15) is 11.3 Å². The molecule has 1 amide bonds. The van der Waals surface area contributed by atoms with Crippen molar-refractivity contribution < 1.29 is 18.7 Å². The monoisotopic (exact) mass is 399 g/mol. The molecule has 29 heavy (non-hydrogen) atoms. The van der Waals surface area contributed by atoms with Crippen LogP contribution in [0.1, 0.15) is 42.4 Å². The molecule has 1 aromatic carbocycles. The lowest BCUT2D eigenvalue weighted by Gasteiger charge is -2.45. The summed E-state index contributed by atoms with van der Waals surface area (Å²) in [6, 6.07) is 3.73. The predicted molar refractivity (Wildman–Crippen MR) is 110 cm³/mol. The minimum atomic E-state index is -0.335. The SMILES string of the molecule is Cc1cc(OCC(=O)N2CCCC3(CCOCC3)C2)c2c(C)c(C)c(=O)oc2c1. The molecule has 0 N–H and O–H groups in total. The van der Waals surface area contributed by atoms with E-state index in [0.29, 0.717) is 16.9 Å². The molecule has 6 heteroatoms. The Labute approximate surface area is 170 Å². The van der Waals surface area contributed by atoms with Gasteiger partial charge in [0, 0.05) is 31.9 Å². The highest BCUT2D eigenvalue weighted by Gasteiger charge is 2.38. The molecule has 3 heterocycles. The van der Waals surface area contributed by atoms with Gasteiger partial charge in [0.25, 0.3) is 5.91 Å². The van der Waals surface area contributed by atoms with Crippen molar-refractivity contribution in [3.05, 3.63) is 39.2 Å². The molecule has 0 bridgehead atoms. The van der Waals surface area contributed by atoms with Crippen molar-refractivity contribution in [3.8, 4) is 5.75 Å². The van der Waals surface area contributed by atoms with E-state index in [9.17, 15) is 9.59 Å². The number of ether oxygens (including phenoxy) is 2. The van der Waals surface area contributed by atoms with Crippen molar-refractivity contribution >= 4 is 16.9 Å². The zero-order valence-corrected chi connectivity index (χ0v) is 17.5. The number of carbonyl (C=O) groups is 1. The Morgan fingerprint density at radius 2 is 1.90 bits per heavy atom. The maximum Gasteiger partial charge on any atom is 0.339 e. The normalized spacial score (nSPS) is 18.9. The Balaban J connectivity index is 1.53. The number of carbonyl (C=O) groups excluding carboxylic acids is 1. The summed E-state index contributed by atoms with van der Waals surface area (Å²) in [6.07, 6.45) is 4.25. The van der Waals surface area contributed by atoms with Crippen LogP contribution in [0.15, 0.2) is 21.3 Å².